The molecule has 0 saturated heterocycles. The lowest BCUT2D eigenvalue weighted by atomic mass is 10.1. The first-order chi connectivity index (χ1) is 11.4. The van der Waals surface area contributed by atoms with Crippen molar-refractivity contribution >= 4 is 21.1 Å². The maximum atomic E-state index is 13.1. The van der Waals surface area contributed by atoms with Crippen molar-refractivity contribution in [1.29, 1.82) is 0 Å². The average Bonchev–Trinajstić information content (AvgIpc) is 3.19. The average molecular weight is 348 g/mol. The molecule has 1 saturated carbocycles. The summed E-state index contributed by atoms with van der Waals surface area (Å²) < 4.78 is 46.0. The highest BCUT2D eigenvalue weighted by molar-refractivity contribution is 7.89. The summed E-state index contributed by atoms with van der Waals surface area (Å²) in [7, 11) is -3.82. The molecule has 4 rings (SSSR count). The molecule has 2 N–H and O–H groups in total. The number of halogens is 1. The Hall–Kier alpha value is -2.45. The van der Waals surface area contributed by atoms with Crippen LogP contribution in [-0.4, -0.2) is 13.4 Å². The predicted molar refractivity (Wildman–Crippen MR) is 84.5 cm³/mol. The summed E-state index contributed by atoms with van der Waals surface area (Å²) in [6.07, 6.45) is 1.28. The first-order valence-corrected chi connectivity index (χ1v) is 8.79. The van der Waals surface area contributed by atoms with Gasteiger partial charge in [-0.1, -0.05) is 12.1 Å². The molecule has 2 aromatic carbocycles. The molecule has 1 aromatic heterocycles. The van der Waals surface area contributed by atoms with Gasteiger partial charge in [-0.25, -0.2) is 22.3 Å². The number of aromatic amines is 1. The van der Waals surface area contributed by atoms with Gasteiger partial charge in [0.05, 0.1) is 16.0 Å². The molecule has 0 spiro atoms. The van der Waals surface area contributed by atoms with E-state index in [1.165, 1.54) is 30.3 Å². The molecule has 1 aliphatic carbocycles. The third-order valence-corrected chi connectivity index (χ3v) is 5.71. The van der Waals surface area contributed by atoms with E-state index in [0.29, 0.717) is 18.4 Å². The smallest absolute Gasteiger partial charge is 0.408 e. The Labute approximate surface area is 136 Å². The van der Waals surface area contributed by atoms with Gasteiger partial charge in [-0.3, -0.25) is 4.98 Å². The van der Waals surface area contributed by atoms with Crippen molar-refractivity contribution in [3.8, 4) is 0 Å². The number of hydrogen-bond donors (Lipinski definition) is 2. The molecule has 1 aliphatic rings. The van der Waals surface area contributed by atoms with Crippen LogP contribution in [0.3, 0.4) is 0 Å². The number of fused-ring (bicyclic) bond motifs is 1. The monoisotopic (exact) mass is 348 g/mol. The second kappa shape index (κ2) is 5.02. The fraction of sp³-hybridized carbons (Fsp3) is 0.188. The van der Waals surface area contributed by atoms with Gasteiger partial charge < -0.3 is 4.42 Å². The van der Waals surface area contributed by atoms with Gasteiger partial charge in [0.2, 0.25) is 10.0 Å². The molecule has 0 radical (unpaired) electrons. The van der Waals surface area contributed by atoms with Crippen LogP contribution in [0.15, 0.2) is 56.6 Å². The van der Waals surface area contributed by atoms with Crippen molar-refractivity contribution in [2.24, 2.45) is 0 Å². The highest BCUT2D eigenvalue weighted by atomic mass is 32.2. The van der Waals surface area contributed by atoms with Crippen LogP contribution in [0.25, 0.3) is 11.1 Å². The Morgan fingerprint density at radius 1 is 1.12 bits per heavy atom. The van der Waals surface area contributed by atoms with Crippen LogP contribution in [0.4, 0.5) is 4.39 Å². The van der Waals surface area contributed by atoms with Crippen LogP contribution in [0.5, 0.6) is 0 Å². The van der Waals surface area contributed by atoms with E-state index >= 15 is 0 Å². The minimum Gasteiger partial charge on any atom is -0.408 e. The summed E-state index contributed by atoms with van der Waals surface area (Å²) >= 11 is 0. The van der Waals surface area contributed by atoms with Crippen LogP contribution >= 0.6 is 0 Å². The molecule has 24 heavy (non-hydrogen) atoms. The molecular formula is C16H13FN2O4S. The van der Waals surface area contributed by atoms with Gasteiger partial charge in [0, 0.05) is 6.07 Å². The normalized spacial score (nSPS) is 16.4. The van der Waals surface area contributed by atoms with Crippen molar-refractivity contribution in [3.63, 3.8) is 0 Å². The first-order valence-electron chi connectivity index (χ1n) is 7.31. The summed E-state index contributed by atoms with van der Waals surface area (Å²) in [5, 5.41) is 0. The second-order valence-electron chi connectivity index (χ2n) is 5.87. The van der Waals surface area contributed by atoms with Crippen LogP contribution in [0, 0.1) is 5.82 Å². The van der Waals surface area contributed by atoms with Crippen molar-refractivity contribution in [2.75, 3.05) is 0 Å². The van der Waals surface area contributed by atoms with Crippen LogP contribution in [0.1, 0.15) is 18.4 Å². The quantitative estimate of drug-likeness (QED) is 0.756. The lowest BCUT2D eigenvalue weighted by molar-refractivity contribution is 0.546. The van der Waals surface area contributed by atoms with E-state index in [2.05, 4.69) is 9.71 Å². The third kappa shape index (κ3) is 2.53. The lowest BCUT2D eigenvalue weighted by Crippen LogP contribution is -2.34. The van der Waals surface area contributed by atoms with Crippen LogP contribution in [0.2, 0.25) is 0 Å². The summed E-state index contributed by atoms with van der Waals surface area (Å²) in [5.74, 6) is -1.01. The Kier molecular flexibility index (Phi) is 3.16. The van der Waals surface area contributed by atoms with E-state index in [0.717, 1.165) is 5.56 Å². The van der Waals surface area contributed by atoms with Crippen molar-refractivity contribution in [3.05, 3.63) is 64.4 Å². The molecule has 1 heterocycles. The summed E-state index contributed by atoms with van der Waals surface area (Å²) in [6, 6.07) is 9.96. The zero-order valence-electron chi connectivity index (χ0n) is 12.4. The number of hydrogen-bond acceptors (Lipinski definition) is 4. The standard InChI is InChI=1S/C16H13FN2O4S/c17-11-3-1-10(2-4-11)16(7-8-16)19-24(21,22)12-5-6-13-14(9-12)23-15(20)18-13/h1-6,9,19H,7-8H2,(H,18,20). The van der Waals surface area contributed by atoms with Gasteiger partial charge in [0.15, 0.2) is 5.58 Å². The number of rotatable bonds is 4. The van der Waals surface area contributed by atoms with E-state index in [1.54, 1.807) is 12.1 Å². The molecule has 0 amide bonds. The number of sulfonamides is 1. The molecule has 0 bridgehead atoms. The second-order valence-corrected chi connectivity index (χ2v) is 7.55. The Bertz CT molecular complexity index is 1080. The minimum absolute atomic E-state index is 0.00568. The molecule has 3 aromatic rings. The van der Waals surface area contributed by atoms with Crippen LogP contribution in [-0.2, 0) is 15.6 Å². The number of benzene rings is 2. The summed E-state index contributed by atoms with van der Waals surface area (Å²) in [5.41, 5.74) is 0.621. The van der Waals surface area contributed by atoms with E-state index < -0.39 is 21.3 Å². The molecule has 8 heteroatoms. The van der Waals surface area contributed by atoms with E-state index in [4.69, 9.17) is 4.42 Å². The summed E-state index contributed by atoms with van der Waals surface area (Å²) in [6.45, 7) is 0. The Morgan fingerprint density at radius 3 is 2.50 bits per heavy atom. The number of aromatic nitrogens is 1. The van der Waals surface area contributed by atoms with Gasteiger partial charge in [-0.2, -0.15) is 0 Å². The van der Waals surface area contributed by atoms with Crippen LogP contribution < -0.4 is 10.5 Å². The molecular weight excluding hydrogens is 335 g/mol. The topological polar surface area (TPSA) is 92.2 Å². The predicted octanol–water partition coefficient (Wildman–Crippen LogP) is 2.23. The van der Waals surface area contributed by atoms with Crippen molar-refractivity contribution in [2.45, 2.75) is 23.3 Å². The van der Waals surface area contributed by atoms with Crippen molar-refractivity contribution < 1.29 is 17.2 Å². The van der Waals surface area contributed by atoms with Gasteiger partial charge in [-0.05, 0) is 42.7 Å². The first kappa shape index (κ1) is 15.1. The molecule has 0 atom stereocenters. The maximum absolute atomic E-state index is 13.1. The molecule has 0 aliphatic heterocycles. The number of nitrogens with one attached hydrogen (secondary N) is 2. The minimum atomic E-state index is -3.82. The Morgan fingerprint density at radius 2 is 1.83 bits per heavy atom. The van der Waals surface area contributed by atoms with Gasteiger partial charge >= 0.3 is 5.76 Å². The lowest BCUT2D eigenvalue weighted by Gasteiger charge is -2.18. The fourth-order valence-corrected chi connectivity index (χ4v) is 4.22. The van der Waals surface area contributed by atoms with Gasteiger partial charge in [0.25, 0.3) is 0 Å². The highest BCUT2D eigenvalue weighted by Gasteiger charge is 2.47. The van der Waals surface area contributed by atoms with Gasteiger partial charge in [0.1, 0.15) is 5.82 Å². The largest absolute Gasteiger partial charge is 0.417 e. The van der Waals surface area contributed by atoms with Gasteiger partial charge in [-0.15, -0.1) is 0 Å². The third-order valence-electron chi connectivity index (χ3n) is 4.18. The highest BCUT2D eigenvalue weighted by Crippen LogP contribution is 2.46. The number of oxazole rings is 1. The van der Waals surface area contributed by atoms with E-state index in [9.17, 15) is 17.6 Å². The SMILES string of the molecule is O=c1[nH]c2ccc(S(=O)(=O)NC3(c4ccc(F)cc4)CC3)cc2o1. The fourth-order valence-electron chi connectivity index (χ4n) is 2.75. The zero-order chi connectivity index (χ0) is 16.9. The molecule has 1 fully saturated rings. The number of H-pyrrole nitrogens is 1. The van der Waals surface area contributed by atoms with E-state index in [-0.39, 0.29) is 16.3 Å². The Balaban J connectivity index is 1.69. The van der Waals surface area contributed by atoms with Crippen molar-refractivity contribution in [1.82, 2.24) is 9.71 Å². The molecule has 6 nitrogen and oxygen atoms in total. The maximum Gasteiger partial charge on any atom is 0.417 e. The van der Waals surface area contributed by atoms with E-state index in [1.807, 2.05) is 0 Å². The molecule has 124 valence electrons. The molecule has 0 unspecified atom stereocenters. The summed E-state index contributed by atoms with van der Waals surface area (Å²) in [4.78, 5) is 13.6. The zero-order valence-corrected chi connectivity index (χ0v) is 13.2.